The highest BCUT2D eigenvalue weighted by Gasteiger charge is 2.25. The van der Waals surface area contributed by atoms with E-state index >= 15 is 0 Å². The van der Waals surface area contributed by atoms with Crippen molar-refractivity contribution in [2.75, 3.05) is 18.5 Å². The van der Waals surface area contributed by atoms with Crippen LogP contribution in [0.1, 0.15) is 32.6 Å². The Morgan fingerprint density at radius 3 is 2.80 bits per heavy atom. The van der Waals surface area contributed by atoms with E-state index in [2.05, 4.69) is 15.3 Å². The number of nitrogens with one attached hydrogen (secondary N) is 1. The molecule has 1 fully saturated rings. The number of carboxylic acids is 1. The molecule has 0 aromatic carbocycles. The minimum Gasteiger partial charge on any atom is -0.481 e. The summed E-state index contributed by atoms with van der Waals surface area (Å²) in [6.45, 7) is 3.27. The number of carboxylic acid groups (broad SMARTS) is 1. The normalized spacial score (nSPS) is 22.2. The number of carbonyl (C=O) groups is 1. The fourth-order valence-corrected chi connectivity index (χ4v) is 2.51. The maximum atomic E-state index is 10.9. The molecule has 0 unspecified atom stereocenters. The Labute approximate surface area is 118 Å². The average molecular weight is 279 g/mol. The van der Waals surface area contributed by atoms with Crippen molar-refractivity contribution in [3.63, 3.8) is 0 Å². The average Bonchev–Trinajstić information content (AvgIpc) is 2.46. The van der Waals surface area contributed by atoms with Gasteiger partial charge in [-0.3, -0.25) is 9.78 Å². The van der Waals surface area contributed by atoms with Crippen molar-refractivity contribution in [3.8, 4) is 5.88 Å². The second-order valence-electron chi connectivity index (χ2n) is 5.11. The molecule has 1 aliphatic rings. The second kappa shape index (κ2) is 7.07. The zero-order valence-corrected chi connectivity index (χ0v) is 11.7. The van der Waals surface area contributed by atoms with Gasteiger partial charge >= 0.3 is 5.97 Å². The summed E-state index contributed by atoms with van der Waals surface area (Å²) >= 11 is 0. The van der Waals surface area contributed by atoms with Crippen LogP contribution in [0.3, 0.4) is 0 Å². The molecule has 110 valence electrons. The van der Waals surface area contributed by atoms with Crippen molar-refractivity contribution in [1.29, 1.82) is 0 Å². The minimum absolute atomic E-state index is 0.160. The Bertz CT molecular complexity index is 445. The molecule has 1 saturated carbocycles. The summed E-state index contributed by atoms with van der Waals surface area (Å²) in [4.78, 5) is 19.3. The Morgan fingerprint density at radius 2 is 2.15 bits per heavy atom. The molecular weight excluding hydrogens is 258 g/mol. The second-order valence-corrected chi connectivity index (χ2v) is 5.11. The number of nitrogens with zero attached hydrogens (tertiary/aromatic N) is 2. The van der Waals surface area contributed by atoms with E-state index in [1.54, 1.807) is 12.4 Å². The zero-order valence-electron chi connectivity index (χ0n) is 11.7. The lowest BCUT2D eigenvalue weighted by atomic mass is 9.82. The van der Waals surface area contributed by atoms with Crippen LogP contribution in [0, 0.1) is 11.8 Å². The van der Waals surface area contributed by atoms with E-state index in [0.717, 1.165) is 32.2 Å². The largest absolute Gasteiger partial charge is 0.481 e. The molecule has 1 aliphatic carbocycles. The maximum absolute atomic E-state index is 10.9. The highest BCUT2D eigenvalue weighted by atomic mass is 16.5. The van der Waals surface area contributed by atoms with Gasteiger partial charge in [0.05, 0.1) is 24.9 Å². The fourth-order valence-electron chi connectivity index (χ4n) is 2.51. The third kappa shape index (κ3) is 4.08. The van der Waals surface area contributed by atoms with Gasteiger partial charge in [-0.2, -0.15) is 4.98 Å². The van der Waals surface area contributed by atoms with Crippen LogP contribution in [-0.4, -0.2) is 34.2 Å². The van der Waals surface area contributed by atoms with Gasteiger partial charge in [-0.15, -0.1) is 0 Å². The molecule has 20 heavy (non-hydrogen) atoms. The smallest absolute Gasteiger partial charge is 0.306 e. The summed E-state index contributed by atoms with van der Waals surface area (Å²) in [5.41, 5.74) is 0. The molecule has 1 aromatic heterocycles. The summed E-state index contributed by atoms with van der Waals surface area (Å²) in [5.74, 6) is 0.908. The van der Waals surface area contributed by atoms with E-state index < -0.39 is 5.97 Å². The van der Waals surface area contributed by atoms with E-state index in [0.29, 0.717) is 24.2 Å². The van der Waals surface area contributed by atoms with Crippen molar-refractivity contribution in [3.05, 3.63) is 12.4 Å². The van der Waals surface area contributed by atoms with Crippen molar-refractivity contribution < 1.29 is 14.6 Å². The van der Waals surface area contributed by atoms with Crippen molar-refractivity contribution in [1.82, 2.24) is 9.97 Å². The van der Waals surface area contributed by atoms with Gasteiger partial charge in [0.15, 0.2) is 0 Å². The molecule has 0 amide bonds. The molecule has 0 bridgehead atoms. The number of aromatic nitrogens is 2. The predicted octanol–water partition coefficient (Wildman–Crippen LogP) is 2.18. The number of hydrogen-bond acceptors (Lipinski definition) is 5. The van der Waals surface area contributed by atoms with Gasteiger partial charge in [-0.1, -0.05) is 0 Å². The SMILES string of the molecule is CCOc1cncc(NCC2CCC(C(=O)O)CC2)n1. The Morgan fingerprint density at radius 1 is 1.40 bits per heavy atom. The van der Waals surface area contributed by atoms with Gasteiger partial charge in [0.25, 0.3) is 0 Å². The van der Waals surface area contributed by atoms with Gasteiger partial charge in [-0.25, -0.2) is 0 Å². The van der Waals surface area contributed by atoms with Crippen LogP contribution in [0.5, 0.6) is 5.88 Å². The predicted molar refractivity (Wildman–Crippen MR) is 74.8 cm³/mol. The minimum atomic E-state index is -0.660. The summed E-state index contributed by atoms with van der Waals surface area (Å²) in [6, 6.07) is 0. The molecular formula is C14H21N3O3. The summed E-state index contributed by atoms with van der Waals surface area (Å²) < 4.78 is 5.30. The third-order valence-corrected chi connectivity index (χ3v) is 3.67. The zero-order chi connectivity index (χ0) is 14.4. The van der Waals surface area contributed by atoms with Crippen molar-refractivity contribution >= 4 is 11.8 Å². The first-order chi connectivity index (χ1) is 9.69. The van der Waals surface area contributed by atoms with E-state index in [1.165, 1.54) is 0 Å². The molecule has 0 spiro atoms. The van der Waals surface area contributed by atoms with Crippen molar-refractivity contribution in [2.45, 2.75) is 32.6 Å². The van der Waals surface area contributed by atoms with Gasteiger partial charge in [0.2, 0.25) is 5.88 Å². The standard InChI is InChI=1S/C14H21N3O3/c1-2-20-13-9-15-8-12(17-13)16-7-10-3-5-11(6-4-10)14(18)19/h8-11H,2-7H2,1H3,(H,16,17)(H,18,19). The van der Waals surface area contributed by atoms with Crippen LogP contribution in [0.25, 0.3) is 0 Å². The molecule has 1 aromatic rings. The lowest BCUT2D eigenvalue weighted by Gasteiger charge is -2.26. The first-order valence-electron chi connectivity index (χ1n) is 7.10. The number of ether oxygens (including phenoxy) is 1. The van der Waals surface area contributed by atoms with Crippen molar-refractivity contribution in [2.24, 2.45) is 11.8 Å². The van der Waals surface area contributed by atoms with Crippen LogP contribution >= 0.6 is 0 Å². The van der Waals surface area contributed by atoms with Crippen LogP contribution in [0.15, 0.2) is 12.4 Å². The molecule has 1 heterocycles. The Balaban J connectivity index is 1.78. The highest BCUT2D eigenvalue weighted by Crippen LogP contribution is 2.29. The lowest BCUT2D eigenvalue weighted by molar-refractivity contribution is -0.143. The molecule has 0 radical (unpaired) electrons. The van der Waals surface area contributed by atoms with Gasteiger partial charge in [-0.05, 0) is 38.5 Å². The van der Waals surface area contributed by atoms with Crippen LogP contribution in [0.4, 0.5) is 5.82 Å². The number of hydrogen-bond donors (Lipinski definition) is 2. The molecule has 2 rings (SSSR count). The molecule has 0 saturated heterocycles. The number of aliphatic carboxylic acids is 1. The topological polar surface area (TPSA) is 84.3 Å². The number of rotatable bonds is 6. The summed E-state index contributed by atoms with van der Waals surface area (Å²) in [5, 5.41) is 12.2. The molecule has 6 heteroatoms. The van der Waals surface area contributed by atoms with E-state index in [1.807, 2.05) is 6.92 Å². The monoisotopic (exact) mass is 279 g/mol. The van der Waals surface area contributed by atoms with E-state index in [-0.39, 0.29) is 5.92 Å². The maximum Gasteiger partial charge on any atom is 0.306 e. The Kier molecular flexibility index (Phi) is 5.15. The first kappa shape index (κ1) is 14.6. The Hall–Kier alpha value is -1.85. The highest BCUT2D eigenvalue weighted by molar-refractivity contribution is 5.69. The van der Waals surface area contributed by atoms with Gasteiger partial charge in [0.1, 0.15) is 5.82 Å². The fraction of sp³-hybridized carbons (Fsp3) is 0.643. The van der Waals surface area contributed by atoms with E-state index in [4.69, 9.17) is 9.84 Å². The molecule has 2 N–H and O–H groups in total. The lowest BCUT2D eigenvalue weighted by Crippen LogP contribution is -2.25. The van der Waals surface area contributed by atoms with Gasteiger partial charge < -0.3 is 15.2 Å². The van der Waals surface area contributed by atoms with Gasteiger partial charge in [0, 0.05) is 6.54 Å². The van der Waals surface area contributed by atoms with Crippen LogP contribution in [-0.2, 0) is 4.79 Å². The van der Waals surface area contributed by atoms with E-state index in [9.17, 15) is 4.79 Å². The summed E-state index contributed by atoms with van der Waals surface area (Å²) in [7, 11) is 0. The third-order valence-electron chi connectivity index (χ3n) is 3.67. The number of anilines is 1. The summed E-state index contributed by atoms with van der Waals surface area (Å²) in [6.07, 6.45) is 6.70. The first-order valence-corrected chi connectivity index (χ1v) is 7.10. The molecule has 0 atom stereocenters. The van der Waals surface area contributed by atoms with Crippen LogP contribution in [0.2, 0.25) is 0 Å². The van der Waals surface area contributed by atoms with Crippen LogP contribution < -0.4 is 10.1 Å². The molecule has 0 aliphatic heterocycles. The molecule has 6 nitrogen and oxygen atoms in total. The quantitative estimate of drug-likeness (QED) is 0.830.